The maximum absolute atomic E-state index is 12.7. The van der Waals surface area contributed by atoms with Crippen molar-refractivity contribution in [3.63, 3.8) is 0 Å². The van der Waals surface area contributed by atoms with Crippen LogP contribution in [0.4, 0.5) is 4.79 Å². The average Bonchev–Trinajstić information content (AvgIpc) is 2.63. The van der Waals surface area contributed by atoms with Crippen LogP contribution in [0.3, 0.4) is 0 Å². The number of halogens is 1. The predicted molar refractivity (Wildman–Crippen MR) is 106 cm³/mol. The Kier molecular flexibility index (Phi) is 11.0. The van der Waals surface area contributed by atoms with Crippen LogP contribution in [0.15, 0.2) is 30.3 Å². The summed E-state index contributed by atoms with van der Waals surface area (Å²) >= 11 is 3.41. The second kappa shape index (κ2) is 12.7. The largest absolute Gasteiger partial charge is 0.464 e. The highest BCUT2D eigenvalue weighted by Crippen LogP contribution is 2.17. The lowest BCUT2D eigenvalue weighted by Gasteiger charge is -2.32. The van der Waals surface area contributed by atoms with Crippen LogP contribution in [0.1, 0.15) is 45.6 Å². The maximum atomic E-state index is 12.7. The minimum absolute atomic E-state index is 0.0606. The summed E-state index contributed by atoms with van der Waals surface area (Å²) < 4.78 is 10.7. The van der Waals surface area contributed by atoms with E-state index in [9.17, 15) is 9.59 Å². The van der Waals surface area contributed by atoms with Crippen LogP contribution in [0.5, 0.6) is 0 Å². The van der Waals surface area contributed by atoms with Crippen LogP contribution in [-0.4, -0.2) is 41.5 Å². The Labute approximate surface area is 165 Å². The van der Waals surface area contributed by atoms with Crippen LogP contribution in [0.2, 0.25) is 0 Å². The Bertz CT molecular complexity index is 536. The third-order valence-electron chi connectivity index (χ3n) is 3.97. The summed E-state index contributed by atoms with van der Waals surface area (Å²) in [5.74, 6) is -0.436. The first-order chi connectivity index (χ1) is 12.5. The summed E-state index contributed by atoms with van der Waals surface area (Å²) in [6.45, 7) is 6.55. The van der Waals surface area contributed by atoms with E-state index >= 15 is 0 Å². The van der Waals surface area contributed by atoms with E-state index < -0.39 is 12.1 Å². The molecule has 1 atom stereocenters. The lowest BCUT2D eigenvalue weighted by atomic mass is 10.0. The zero-order chi connectivity index (χ0) is 19.4. The van der Waals surface area contributed by atoms with Gasteiger partial charge in [-0.1, -0.05) is 66.5 Å². The highest BCUT2D eigenvalue weighted by molar-refractivity contribution is 9.09. The van der Waals surface area contributed by atoms with Crippen LogP contribution in [0, 0.1) is 5.92 Å². The van der Waals surface area contributed by atoms with E-state index in [4.69, 9.17) is 9.47 Å². The van der Waals surface area contributed by atoms with E-state index in [1.165, 1.54) is 4.90 Å². The second-order valence-electron chi connectivity index (χ2n) is 6.42. The zero-order valence-electron chi connectivity index (χ0n) is 15.9. The number of benzene rings is 1. The summed E-state index contributed by atoms with van der Waals surface area (Å²) in [7, 11) is 0. The van der Waals surface area contributed by atoms with Gasteiger partial charge in [0.2, 0.25) is 0 Å². The van der Waals surface area contributed by atoms with Crippen LogP contribution in [0.25, 0.3) is 0 Å². The Morgan fingerprint density at radius 2 is 1.77 bits per heavy atom. The number of esters is 1. The summed E-state index contributed by atoms with van der Waals surface area (Å²) in [5.41, 5.74) is 0.914. The van der Waals surface area contributed by atoms with Gasteiger partial charge in [-0.3, -0.25) is 4.90 Å². The van der Waals surface area contributed by atoms with Crippen molar-refractivity contribution < 1.29 is 19.1 Å². The standard InChI is InChI=1S/C20H30BrNO4/c1-4-25-19(23)18(16(2)3)22(14-10-6-9-13-21)20(24)26-15-17-11-7-5-8-12-17/h5,7-8,11-12,16,18H,4,6,9-10,13-15H2,1-3H3/t18-/m0/s1. The number of rotatable bonds is 11. The molecule has 0 aliphatic heterocycles. The lowest BCUT2D eigenvalue weighted by Crippen LogP contribution is -2.49. The summed E-state index contributed by atoms with van der Waals surface area (Å²) in [5, 5.41) is 0.928. The lowest BCUT2D eigenvalue weighted by molar-refractivity contribution is -0.150. The van der Waals surface area contributed by atoms with Crippen molar-refractivity contribution in [3.8, 4) is 0 Å². The summed E-state index contributed by atoms with van der Waals surface area (Å²) in [6.07, 6.45) is 2.34. The third kappa shape index (κ3) is 7.77. The maximum Gasteiger partial charge on any atom is 0.410 e. The van der Waals surface area contributed by atoms with Crippen molar-refractivity contribution in [3.05, 3.63) is 35.9 Å². The smallest absolute Gasteiger partial charge is 0.410 e. The molecule has 0 aromatic heterocycles. The molecule has 146 valence electrons. The van der Waals surface area contributed by atoms with Gasteiger partial charge in [-0.15, -0.1) is 0 Å². The fourth-order valence-corrected chi connectivity index (χ4v) is 3.08. The molecule has 0 saturated heterocycles. The molecular formula is C20H30BrNO4. The quantitative estimate of drug-likeness (QED) is 0.289. The van der Waals surface area contributed by atoms with E-state index in [1.54, 1.807) is 6.92 Å². The van der Waals surface area contributed by atoms with Crippen LogP contribution < -0.4 is 0 Å². The molecule has 6 heteroatoms. The van der Waals surface area contributed by atoms with Gasteiger partial charge < -0.3 is 9.47 Å². The van der Waals surface area contributed by atoms with Gasteiger partial charge in [0.05, 0.1) is 6.61 Å². The molecule has 1 rings (SSSR count). The molecule has 0 heterocycles. The highest BCUT2D eigenvalue weighted by atomic mass is 79.9. The fourth-order valence-electron chi connectivity index (χ4n) is 2.69. The molecule has 1 aromatic carbocycles. The first-order valence-electron chi connectivity index (χ1n) is 9.21. The van der Waals surface area contributed by atoms with Gasteiger partial charge in [-0.25, -0.2) is 9.59 Å². The van der Waals surface area contributed by atoms with E-state index in [0.717, 1.165) is 30.2 Å². The minimum Gasteiger partial charge on any atom is -0.464 e. The molecule has 0 bridgehead atoms. The molecule has 26 heavy (non-hydrogen) atoms. The molecule has 0 unspecified atom stereocenters. The van der Waals surface area contributed by atoms with Crippen molar-refractivity contribution >= 4 is 28.0 Å². The summed E-state index contributed by atoms with van der Waals surface area (Å²) in [6, 6.07) is 8.88. The van der Waals surface area contributed by atoms with Gasteiger partial charge in [0, 0.05) is 11.9 Å². The number of nitrogens with zero attached hydrogens (tertiary/aromatic N) is 1. The highest BCUT2D eigenvalue weighted by Gasteiger charge is 2.34. The van der Waals surface area contributed by atoms with E-state index in [-0.39, 0.29) is 18.5 Å². The monoisotopic (exact) mass is 427 g/mol. The first kappa shape index (κ1) is 22.5. The molecule has 1 aromatic rings. The van der Waals surface area contributed by atoms with Crippen molar-refractivity contribution in [2.75, 3.05) is 18.5 Å². The van der Waals surface area contributed by atoms with Crippen molar-refractivity contribution in [2.45, 2.75) is 52.7 Å². The van der Waals surface area contributed by atoms with E-state index in [0.29, 0.717) is 13.2 Å². The topological polar surface area (TPSA) is 55.8 Å². The molecule has 0 saturated carbocycles. The van der Waals surface area contributed by atoms with Gasteiger partial charge in [0.25, 0.3) is 0 Å². The predicted octanol–water partition coefficient (Wildman–Crippen LogP) is 4.78. The molecule has 0 N–H and O–H groups in total. The zero-order valence-corrected chi connectivity index (χ0v) is 17.5. The second-order valence-corrected chi connectivity index (χ2v) is 7.22. The molecule has 0 fully saturated rings. The summed E-state index contributed by atoms with van der Waals surface area (Å²) in [4.78, 5) is 26.7. The SMILES string of the molecule is CCOC(=O)[C@H](C(C)C)N(CCCCCBr)C(=O)OCc1ccccc1. The number of hydrogen-bond acceptors (Lipinski definition) is 4. The molecule has 0 radical (unpaired) electrons. The van der Waals surface area contributed by atoms with Crippen LogP contribution >= 0.6 is 15.9 Å². The van der Waals surface area contributed by atoms with Gasteiger partial charge >= 0.3 is 12.1 Å². The number of carbonyl (C=O) groups excluding carboxylic acids is 2. The number of amides is 1. The van der Waals surface area contributed by atoms with Crippen LogP contribution in [-0.2, 0) is 20.9 Å². The molecule has 0 aliphatic carbocycles. The van der Waals surface area contributed by atoms with Gasteiger partial charge in [0.15, 0.2) is 0 Å². The number of carbonyl (C=O) groups is 2. The third-order valence-corrected chi connectivity index (χ3v) is 4.53. The molecule has 1 amide bonds. The first-order valence-corrected chi connectivity index (χ1v) is 10.3. The van der Waals surface area contributed by atoms with Crippen molar-refractivity contribution in [1.82, 2.24) is 4.90 Å². The fraction of sp³-hybridized carbons (Fsp3) is 0.600. The number of unbranched alkanes of at least 4 members (excludes halogenated alkanes) is 2. The van der Waals surface area contributed by atoms with Crippen molar-refractivity contribution in [2.24, 2.45) is 5.92 Å². The Hall–Kier alpha value is -1.56. The number of ether oxygens (including phenoxy) is 2. The molecule has 0 spiro atoms. The van der Waals surface area contributed by atoms with Gasteiger partial charge in [-0.05, 0) is 31.2 Å². The van der Waals surface area contributed by atoms with E-state index in [2.05, 4.69) is 15.9 Å². The molecular weight excluding hydrogens is 398 g/mol. The normalized spacial score (nSPS) is 11.9. The minimum atomic E-state index is -0.637. The number of alkyl halides is 1. The van der Waals surface area contributed by atoms with Gasteiger partial charge in [-0.2, -0.15) is 0 Å². The Morgan fingerprint density at radius 3 is 2.35 bits per heavy atom. The van der Waals surface area contributed by atoms with E-state index in [1.807, 2.05) is 44.2 Å². The Balaban J connectivity index is 2.82. The average molecular weight is 428 g/mol. The van der Waals surface area contributed by atoms with Crippen molar-refractivity contribution in [1.29, 1.82) is 0 Å². The van der Waals surface area contributed by atoms with Gasteiger partial charge in [0.1, 0.15) is 12.6 Å². The Morgan fingerprint density at radius 1 is 1.08 bits per heavy atom. The number of hydrogen-bond donors (Lipinski definition) is 0. The molecule has 5 nitrogen and oxygen atoms in total. The molecule has 0 aliphatic rings.